The van der Waals surface area contributed by atoms with Gasteiger partial charge < -0.3 is 5.11 Å². The van der Waals surface area contributed by atoms with Gasteiger partial charge in [0.1, 0.15) is 5.75 Å². The van der Waals surface area contributed by atoms with E-state index in [1.807, 2.05) is 6.92 Å². The van der Waals surface area contributed by atoms with Crippen LogP contribution in [0.1, 0.15) is 11.1 Å². The summed E-state index contributed by atoms with van der Waals surface area (Å²) in [5, 5.41) is 9.40. The summed E-state index contributed by atoms with van der Waals surface area (Å²) in [7, 11) is -3.71. The highest BCUT2D eigenvalue weighted by Crippen LogP contribution is 2.28. The molecule has 0 heterocycles. The number of hydrogen-bond acceptors (Lipinski definition) is 3. The van der Waals surface area contributed by atoms with Gasteiger partial charge in [0.25, 0.3) is 10.0 Å². The summed E-state index contributed by atoms with van der Waals surface area (Å²) < 4.78 is 27.1. The lowest BCUT2D eigenvalue weighted by molar-refractivity contribution is 0.475. The van der Waals surface area contributed by atoms with Crippen molar-refractivity contribution in [2.45, 2.75) is 18.7 Å². The first-order chi connectivity index (χ1) is 9.29. The Morgan fingerprint density at radius 3 is 2.40 bits per heavy atom. The summed E-state index contributed by atoms with van der Waals surface area (Å²) in [6.45, 7) is 3.63. The van der Waals surface area contributed by atoms with E-state index in [4.69, 9.17) is 11.6 Å². The summed E-state index contributed by atoms with van der Waals surface area (Å²) in [5.74, 6) is -0.0236. The lowest BCUT2D eigenvalue weighted by atomic mass is 10.2. The Morgan fingerprint density at radius 1 is 1.10 bits per heavy atom. The molecule has 20 heavy (non-hydrogen) atoms. The normalized spacial score (nSPS) is 11.3. The highest BCUT2D eigenvalue weighted by molar-refractivity contribution is 7.92. The summed E-state index contributed by atoms with van der Waals surface area (Å²) in [6.07, 6.45) is 0. The molecule has 0 unspecified atom stereocenters. The SMILES string of the molecule is Cc1ccc(S(=O)(=O)Nc2ccc(O)cc2Cl)c(C)c1. The maximum absolute atomic E-state index is 12.3. The molecule has 0 fully saturated rings. The van der Waals surface area contributed by atoms with Crippen molar-refractivity contribution in [3.05, 3.63) is 52.5 Å². The van der Waals surface area contributed by atoms with E-state index >= 15 is 0 Å². The largest absolute Gasteiger partial charge is 0.508 e. The second-order valence-corrected chi connectivity index (χ2v) is 6.60. The average molecular weight is 312 g/mol. The summed E-state index contributed by atoms with van der Waals surface area (Å²) in [4.78, 5) is 0.201. The summed E-state index contributed by atoms with van der Waals surface area (Å²) in [5.41, 5.74) is 1.88. The quantitative estimate of drug-likeness (QED) is 0.853. The fourth-order valence-corrected chi connectivity index (χ4v) is 3.47. The number of aryl methyl sites for hydroxylation is 2. The fraction of sp³-hybridized carbons (Fsp3) is 0.143. The van der Waals surface area contributed by atoms with Crippen molar-refractivity contribution >= 4 is 27.3 Å². The van der Waals surface area contributed by atoms with E-state index in [0.717, 1.165) is 5.56 Å². The van der Waals surface area contributed by atoms with E-state index in [9.17, 15) is 13.5 Å². The number of nitrogens with one attached hydrogen (secondary N) is 1. The van der Waals surface area contributed by atoms with E-state index in [0.29, 0.717) is 5.56 Å². The third-order valence-electron chi connectivity index (χ3n) is 2.82. The highest BCUT2D eigenvalue weighted by atomic mass is 35.5. The van der Waals surface area contributed by atoms with Gasteiger partial charge in [-0.3, -0.25) is 4.72 Å². The number of hydrogen-bond donors (Lipinski definition) is 2. The Morgan fingerprint density at radius 2 is 1.80 bits per heavy atom. The number of rotatable bonds is 3. The Kier molecular flexibility index (Phi) is 3.92. The number of phenolic OH excluding ortho intramolecular Hbond substituents is 1. The first-order valence-corrected chi connectivity index (χ1v) is 7.74. The smallest absolute Gasteiger partial charge is 0.262 e. The van der Waals surface area contributed by atoms with Crippen molar-refractivity contribution in [3.63, 3.8) is 0 Å². The number of benzene rings is 2. The predicted molar refractivity (Wildman–Crippen MR) is 79.8 cm³/mol. The van der Waals surface area contributed by atoms with Crippen LogP contribution in [0.3, 0.4) is 0 Å². The molecule has 0 aromatic heterocycles. The molecule has 0 aliphatic rings. The van der Waals surface area contributed by atoms with Crippen LogP contribution in [0.2, 0.25) is 5.02 Å². The maximum Gasteiger partial charge on any atom is 0.262 e. The van der Waals surface area contributed by atoms with E-state index in [1.54, 1.807) is 25.1 Å². The Labute approximate surface area is 123 Å². The van der Waals surface area contributed by atoms with Gasteiger partial charge in [-0.05, 0) is 37.6 Å². The van der Waals surface area contributed by atoms with Crippen molar-refractivity contribution < 1.29 is 13.5 Å². The van der Waals surface area contributed by atoms with E-state index in [2.05, 4.69) is 4.72 Å². The van der Waals surface area contributed by atoms with Crippen molar-refractivity contribution in [2.75, 3.05) is 4.72 Å². The second kappa shape index (κ2) is 5.34. The van der Waals surface area contributed by atoms with Crippen molar-refractivity contribution in [3.8, 4) is 5.75 Å². The number of phenols is 1. The summed E-state index contributed by atoms with van der Waals surface area (Å²) in [6, 6.07) is 9.15. The molecular formula is C14H14ClNO3S. The van der Waals surface area contributed by atoms with Crippen molar-refractivity contribution in [1.82, 2.24) is 0 Å². The van der Waals surface area contributed by atoms with Gasteiger partial charge in [0.2, 0.25) is 0 Å². The van der Waals surface area contributed by atoms with Gasteiger partial charge in [-0.15, -0.1) is 0 Å². The molecule has 6 heteroatoms. The van der Waals surface area contributed by atoms with Crippen molar-refractivity contribution in [1.29, 1.82) is 0 Å². The minimum Gasteiger partial charge on any atom is -0.508 e. The standard InChI is InChI=1S/C14H14ClNO3S/c1-9-3-6-14(10(2)7-9)20(18,19)16-13-5-4-11(17)8-12(13)15/h3-8,16-17H,1-2H3. The van der Waals surface area contributed by atoms with Crippen molar-refractivity contribution in [2.24, 2.45) is 0 Å². The maximum atomic E-state index is 12.3. The number of sulfonamides is 1. The first-order valence-electron chi connectivity index (χ1n) is 5.88. The van der Waals surface area contributed by atoms with Crippen LogP contribution in [-0.2, 0) is 10.0 Å². The molecule has 0 atom stereocenters. The van der Waals surface area contributed by atoms with Crippen LogP contribution in [0, 0.1) is 13.8 Å². The third kappa shape index (κ3) is 3.05. The van der Waals surface area contributed by atoms with Gasteiger partial charge in [-0.1, -0.05) is 29.3 Å². The monoisotopic (exact) mass is 311 g/mol. The molecule has 0 bridgehead atoms. The van der Waals surface area contributed by atoms with E-state index in [-0.39, 0.29) is 21.4 Å². The van der Waals surface area contributed by atoms with E-state index < -0.39 is 10.0 Å². The molecule has 0 amide bonds. The second-order valence-electron chi connectivity index (χ2n) is 4.54. The third-order valence-corrected chi connectivity index (χ3v) is 4.66. The van der Waals surface area contributed by atoms with Crippen LogP contribution in [0.25, 0.3) is 0 Å². The van der Waals surface area contributed by atoms with E-state index in [1.165, 1.54) is 18.2 Å². The molecular weight excluding hydrogens is 298 g/mol. The molecule has 0 saturated heterocycles. The number of anilines is 1. The van der Waals surface area contributed by atoms with Gasteiger partial charge in [-0.2, -0.15) is 0 Å². The zero-order valence-corrected chi connectivity index (χ0v) is 12.6. The molecule has 2 aromatic carbocycles. The van der Waals surface area contributed by atoms with Gasteiger partial charge in [0, 0.05) is 6.07 Å². The molecule has 2 N–H and O–H groups in total. The van der Waals surface area contributed by atoms with Crippen LogP contribution in [0.15, 0.2) is 41.3 Å². The van der Waals surface area contributed by atoms with Crippen LogP contribution in [-0.4, -0.2) is 13.5 Å². The minimum atomic E-state index is -3.71. The zero-order valence-electron chi connectivity index (χ0n) is 11.0. The van der Waals surface area contributed by atoms with Gasteiger partial charge in [-0.25, -0.2) is 8.42 Å². The fourth-order valence-electron chi connectivity index (χ4n) is 1.89. The Bertz CT molecular complexity index is 757. The minimum absolute atomic E-state index is 0.0236. The van der Waals surface area contributed by atoms with Gasteiger partial charge >= 0.3 is 0 Å². The number of halogens is 1. The molecule has 4 nitrogen and oxygen atoms in total. The molecule has 0 aliphatic carbocycles. The molecule has 0 radical (unpaired) electrons. The number of aromatic hydroxyl groups is 1. The average Bonchev–Trinajstić information content (AvgIpc) is 2.32. The van der Waals surface area contributed by atoms with Crippen LogP contribution < -0.4 is 4.72 Å². The molecule has 0 saturated carbocycles. The van der Waals surface area contributed by atoms with Crippen LogP contribution >= 0.6 is 11.6 Å². The topological polar surface area (TPSA) is 66.4 Å². The molecule has 106 valence electrons. The van der Waals surface area contributed by atoms with Gasteiger partial charge in [0.05, 0.1) is 15.6 Å². The lowest BCUT2D eigenvalue weighted by Crippen LogP contribution is -2.14. The lowest BCUT2D eigenvalue weighted by Gasteiger charge is -2.12. The predicted octanol–water partition coefficient (Wildman–Crippen LogP) is 3.46. The van der Waals surface area contributed by atoms with Gasteiger partial charge in [0.15, 0.2) is 0 Å². The Hall–Kier alpha value is -1.72. The molecule has 2 aromatic rings. The molecule has 0 aliphatic heterocycles. The van der Waals surface area contributed by atoms with Crippen LogP contribution in [0.4, 0.5) is 5.69 Å². The molecule has 0 spiro atoms. The first kappa shape index (κ1) is 14.7. The molecule has 2 rings (SSSR count). The van der Waals surface area contributed by atoms with Crippen LogP contribution in [0.5, 0.6) is 5.75 Å². The zero-order chi connectivity index (χ0) is 14.9. The Balaban J connectivity index is 2.41. The summed E-state index contributed by atoms with van der Waals surface area (Å²) >= 11 is 5.90. The highest BCUT2D eigenvalue weighted by Gasteiger charge is 2.18.